The Morgan fingerprint density at radius 2 is 2.16 bits per heavy atom. The van der Waals surface area contributed by atoms with Crippen molar-refractivity contribution >= 4 is 32.4 Å². The second-order valence-electron chi connectivity index (χ2n) is 5.58. The molecule has 0 bridgehead atoms. The van der Waals surface area contributed by atoms with Gasteiger partial charge in [-0.1, -0.05) is 23.5 Å². The molecule has 0 radical (unpaired) electrons. The summed E-state index contributed by atoms with van der Waals surface area (Å²) < 4.78 is 2.92. The van der Waals surface area contributed by atoms with Gasteiger partial charge in [0.2, 0.25) is 0 Å². The Morgan fingerprint density at radius 3 is 2.92 bits per heavy atom. The number of hydrogen-bond acceptors (Lipinski definition) is 6. The lowest BCUT2D eigenvalue weighted by Gasteiger charge is -2.08. The van der Waals surface area contributed by atoms with E-state index < -0.39 is 4.92 Å². The number of imidazole rings is 1. The van der Waals surface area contributed by atoms with Crippen molar-refractivity contribution in [1.82, 2.24) is 14.5 Å². The highest BCUT2D eigenvalue weighted by Crippen LogP contribution is 2.35. The van der Waals surface area contributed by atoms with Crippen molar-refractivity contribution in [2.75, 3.05) is 5.73 Å². The molecule has 25 heavy (non-hydrogen) atoms. The van der Waals surface area contributed by atoms with E-state index in [-0.39, 0.29) is 5.69 Å². The van der Waals surface area contributed by atoms with Crippen LogP contribution in [0.1, 0.15) is 5.56 Å². The predicted molar refractivity (Wildman–Crippen MR) is 97.5 cm³/mol. The van der Waals surface area contributed by atoms with Gasteiger partial charge in [-0.05, 0) is 23.3 Å². The second kappa shape index (κ2) is 5.99. The quantitative estimate of drug-likeness (QED) is 0.446. The van der Waals surface area contributed by atoms with Gasteiger partial charge < -0.3 is 10.3 Å². The van der Waals surface area contributed by atoms with Crippen molar-refractivity contribution in [3.05, 3.63) is 70.8 Å². The van der Waals surface area contributed by atoms with Crippen LogP contribution in [0, 0.1) is 10.1 Å². The molecule has 4 rings (SSSR count). The molecule has 8 heteroatoms. The van der Waals surface area contributed by atoms with Crippen LogP contribution in [0.25, 0.3) is 21.3 Å². The molecule has 0 aliphatic carbocycles. The van der Waals surface area contributed by atoms with E-state index in [2.05, 4.69) is 9.97 Å². The highest BCUT2D eigenvalue weighted by Gasteiger charge is 2.14. The minimum atomic E-state index is -0.397. The molecule has 2 heterocycles. The van der Waals surface area contributed by atoms with Crippen LogP contribution >= 0.6 is 11.3 Å². The average Bonchev–Trinajstić information content (AvgIpc) is 3.22. The van der Waals surface area contributed by atoms with Gasteiger partial charge >= 0.3 is 0 Å². The molecule has 0 aliphatic rings. The van der Waals surface area contributed by atoms with Gasteiger partial charge in [0.05, 0.1) is 21.5 Å². The van der Waals surface area contributed by atoms with Crippen LogP contribution in [-0.4, -0.2) is 19.5 Å². The molecule has 0 saturated heterocycles. The molecule has 0 atom stereocenters. The molecule has 2 aromatic heterocycles. The number of rotatable bonds is 4. The highest BCUT2D eigenvalue weighted by molar-refractivity contribution is 7.22. The first kappa shape index (κ1) is 15.3. The van der Waals surface area contributed by atoms with Crippen molar-refractivity contribution in [3.8, 4) is 11.1 Å². The topological polar surface area (TPSA) is 99.9 Å². The van der Waals surface area contributed by atoms with E-state index in [1.54, 1.807) is 24.7 Å². The number of nitrogens with zero attached hydrogens (tertiary/aromatic N) is 4. The first-order valence-electron chi connectivity index (χ1n) is 7.49. The number of benzene rings is 2. The largest absolute Gasteiger partial charge is 0.375 e. The summed E-state index contributed by atoms with van der Waals surface area (Å²) in [6.45, 7) is 0.648. The van der Waals surface area contributed by atoms with Crippen LogP contribution in [0.15, 0.2) is 55.1 Å². The Kier molecular flexibility index (Phi) is 3.66. The van der Waals surface area contributed by atoms with E-state index in [1.807, 2.05) is 29.0 Å². The van der Waals surface area contributed by atoms with Gasteiger partial charge in [0.25, 0.3) is 5.69 Å². The summed E-state index contributed by atoms with van der Waals surface area (Å²) in [5, 5.41) is 11.6. The fourth-order valence-electron chi connectivity index (χ4n) is 2.79. The summed E-state index contributed by atoms with van der Waals surface area (Å²) in [4.78, 5) is 19.2. The fourth-order valence-corrected chi connectivity index (χ4v) is 3.62. The number of hydrogen-bond donors (Lipinski definition) is 1. The number of thiazole rings is 1. The first-order chi connectivity index (χ1) is 12.1. The zero-order valence-electron chi connectivity index (χ0n) is 13.0. The number of nitrogens with two attached hydrogens (primary N) is 1. The van der Waals surface area contributed by atoms with Gasteiger partial charge in [-0.3, -0.25) is 10.1 Å². The van der Waals surface area contributed by atoms with Crippen LogP contribution in [0.5, 0.6) is 0 Å². The maximum atomic E-state index is 11.1. The van der Waals surface area contributed by atoms with Crippen LogP contribution in [0.2, 0.25) is 0 Å². The summed E-state index contributed by atoms with van der Waals surface area (Å²) in [7, 11) is 0. The molecule has 2 N–H and O–H groups in total. The number of fused-ring (bicyclic) bond motifs is 1. The Hall–Kier alpha value is -3.26. The molecule has 4 aromatic rings. The molecule has 2 aromatic carbocycles. The summed E-state index contributed by atoms with van der Waals surface area (Å²) in [5.74, 6) is 0. The van der Waals surface area contributed by atoms with Gasteiger partial charge in [-0.2, -0.15) is 0 Å². The summed E-state index contributed by atoms with van der Waals surface area (Å²) in [6, 6.07) is 10.6. The lowest BCUT2D eigenvalue weighted by atomic mass is 10.0. The summed E-state index contributed by atoms with van der Waals surface area (Å²) in [5.41, 5.74) is 9.33. The first-order valence-corrected chi connectivity index (χ1v) is 8.31. The third-order valence-corrected chi connectivity index (χ3v) is 4.70. The number of non-ortho nitro benzene ring substituents is 1. The van der Waals surface area contributed by atoms with E-state index in [0.717, 1.165) is 26.9 Å². The molecular weight excluding hydrogens is 338 g/mol. The molecule has 124 valence electrons. The normalized spacial score (nSPS) is 11.0. The van der Waals surface area contributed by atoms with Crippen LogP contribution in [0.3, 0.4) is 0 Å². The Bertz CT molecular complexity index is 1070. The smallest absolute Gasteiger partial charge is 0.270 e. The van der Waals surface area contributed by atoms with Crippen molar-refractivity contribution < 1.29 is 4.92 Å². The molecule has 0 amide bonds. The maximum Gasteiger partial charge on any atom is 0.270 e. The highest BCUT2D eigenvalue weighted by atomic mass is 32.1. The second-order valence-corrected chi connectivity index (χ2v) is 6.65. The Morgan fingerprint density at radius 1 is 1.28 bits per heavy atom. The van der Waals surface area contributed by atoms with Crippen molar-refractivity contribution in [2.24, 2.45) is 0 Å². The van der Waals surface area contributed by atoms with Gasteiger partial charge in [0.15, 0.2) is 5.13 Å². The SMILES string of the molecule is Nc1nc2c(-c3cccc([N+](=O)[O-])c3)cc(Cn3ccnc3)cc2s1. The zero-order chi connectivity index (χ0) is 17.4. The fraction of sp³-hybridized carbons (Fsp3) is 0.0588. The van der Waals surface area contributed by atoms with Crippen LogP contribution in [-0.2, 0) is 6.54 Å². The number of nitro groups is 1. The van der Waals surface area contributed by atoms with E-state index in [4.69, 9.17) is 5.73 Å². The number of nitrogen functional groups attached to an aromatic ring is 1. The Labute approximate surface area is 146 Å². The third kappa shape index (κ3) is 2.94. The minimum absolute atomic E-state index is 0.0499. The lowest BCUT2D eigenvalue weighted by molar-refractivity contribution is -0.384. The Balaban J connectivity index is 1.89. The zero-order valence-corrected chi connectivity index (χ0v) is 13.8. The monoisotopic (exact) mass is 351 g/mol. The van der Waals surface area contributed by atoms with Gasteiger partial charge in [0, 0.05) is 36.6 Å². The average molecular weight is 351 g/mol. The molecule has 0 aliphatic heterocycles. The summed E-state index contributed by atoms with van der Waals surface area (Å²) >= 11 is 1.41. The van der Waals surface area contributed by atoms with E-state index in [9.17, 15) is 10.1 Å². The molecule has 7 nitrogen and oxygen atoms in total. The van der Waals surface area contributed by atoms with Crippen LogP contribution < -0.4 is 5.73 Å². The van der Waals surface area contributed by atoms with E-state index >= 15 is 0 Å². The molecule has 0 unspecified atom stereocenters. The lowest BCUT2D eigenvalue weighted by Crippen LogP contribution is -1.97. The number of nitro benzene ring substituents is 1. The van der Waals surface area contributed by atoms with E-state index in [0.29, 0.717) is 11.7 Å². The maximum absolute atomic E-state index is 11.1. The number of aromatic nitrogens is 3. The van der Waals surface area contributed by atoms with Crippen molar-refractivity contribution in [3.63, 3.8) is 0 Å². The molecule has 0 fully saturated rings. The van der Waals surface area contributed by atoms with Gasteiger partial charge in [-0.15, -0.1) is 0 Å². The molecule has 0 spiro atoms. The molecular formula is C17H13N5O2S. The van der Waals surface area contributed by atoms with Gasteiger partial charge in [0.1, 0.15) is 0 Å². The summed E-state index contributed by atoms with van der Waals surface area (Å²) in [6.07, 6.45) is 5.36. The number of anilines is 1. The predicted octanol–water partition coefficient (Wildman–Crippen LogP) is 3.70. The molecule has 0 saturated carbocycles. The van der Waals surface area contributed by atoms with Crippen LogP contribution in [0.4, 0.5) is 10.8 Å². The minimum Gasteiger partial charge on any atom is -0.375 e. The van der Waals surface area contributed by atoms with Crippen molar-refractivity contribution in [2.45, 2.75) is 6.54 Å². The van der Waals surface area contributed by atoms with Crippen molar-refractivity contribution in [1.29, 1.82) is 0 Å². The van der Waals surface area contributed by atoms with E-state index in [1.165, 1.54) is 17.4 Å². The standard InChI is InChI=1S/C17H13N5O2S/c18-17-20-16-14(12-2-1-3-13(8-12)22(23)24)6-11(7-15(16)25-17)9-21-5-4-19-10-21/h1-8,10H,9H2,(H2,18,20). The third-order valence-electron chi connectivity index (χ3n) is 3.86. The van der Waals surface area contributed by atoms with Gasteiger partial charge in [-0.25, -0.2) is 9.97 Å².